The average molecular weight is 262 g/mol. The van der Waals surface area contributed by atoms with Crippen LogP contribution >= 0.6 is 0 Å². The molecule has 1 fully saturated rings. The van der Waals surface area contributed by atoms with E-state index in [0.29, 0.717) is 6.54 Å². The molecule has 0 bridgehead atoms. The second-order valence-corrected chi connectivity index (χ2v) is 4.30. The minimum absolute atomic E-state index is 0.0266. The first kappa shape index (κ1) is 12.9. The van der Waals surface area contributed by atoms with E-state index in [1.54, 1.807) is 6.92 Å². The first-order valence-corrected chi connectivity index (χ1v) is 5.58. The summed E-state index contributed by atoms with van der Waals surface area (Å²) in [4.78, 5) is 15.4. The molecule has 18 heavy (non-hydrogen) atoms. The molecule has 1 heterocycles. The van der Waals surface area contributed by atoms with Crippen molar-refractivity contribution in [3.8, 4) is 0 Å². The molecule has 1 aromatic heterocycles. The van der Waals surface area contributed by atoms with E-state index in [0.717, 1.165) is 7.11 Å². The highest BCUT2D eigenvalue weighted by atomic mass is 19.4. The zero-order valence-electron chi connectivity index (χ0n) is 10.0. The van der Waals surface area contributed by atoms with Crippen LogP contribution in [0.1, 0.15) is 35.9 Å². The third-order valence-corrected chi connectivity index (χ3v) is 3.30. The summed E-state index contributed by atoms with van der Waals surface area (Å²) in [5.74, 6) is -0.778. The van der Waals surface area contributed by atoms with Crippen molar-refractivity contribution >= 4 is 5.97 Å². The van der Waals surface area contributed by atoms with Gasteiger partial charge in [-0.1, -0.05) is 0 Å². The molecule has 7 heteroatoms. The summed E-state index contributed by atoms with van der Waals surface area (Å²) in [6.45, 7) is 2.09. The number of rotatable bonds is 3. The molecule has 0 saturated heterocycles. The van der Waals surface area contributed by atoms with Crippen LogP contribution in [0.2, 0.25) is 0 Å². The zero-order valence-corrected chi connectivity index (χ0v) is 10.0. The van der Waals surface area contributed by atoms with Gasteiger partial charge in [-0.05, 0) is 19.8 Å². The summed E-state index contributed by atoms with van der Waals surface area (Å²) in [5, 5.41) is 0. The lowest BCUT2D eigenvalue weighted by atomic mass is 10.00. The quantitative estimate of drug-likeness (QED) is 0.785. The van der Waals surface area contributed by atoms with Gasteiger partial charge in [0.25, 0.3) is 0 Å². The van der Waals surface area contributed by atoms with Gasteiger partial charge in [0.2, 0.25) is 0 Å². The Kier molecular flexibility index (Phi) is 2.87. The number of esters is 1. The Balaban J connectivity index is 2.53. The largest absolute Gasteiger partial charge is 0.464 e. The van der Waals surface area contributed by atoms with Crippen LogP contribution in [-0.2, 0) is 16.7 Å². The smallest absolute Gasteiger partial charge is 0.400 e. The van der Waals surface area contributed by atoms with Crippen molar-refractivity contribution in [2.24, 2.45) is 0 Å². The molecule has 100 valence electrons. The molecule has 0 radical (unpaired) electrons. The molecular weight excluding hydrogens is 249 g/mol. The molecule has 0 unspecified atom stereocenters. The molecule has 0 atom stereocenters. The monoisotopic (exact) mass is 262 g/mol. The second-order valence-electron chi connectivity index (χ2n) is 4.30. The molecule has 4 nitrogen and oxygen atoms in total. The lowest BCUT2D eigenvalue weighted by Gasteiger charge is -2.18. The molecule has 0 aromatic carbocycles. The molecule has 0 spiro atoms. The summed E-state index contributed by atoms with van der Waals surface area (Å²) in [5.41, 5.74) is -2.25. The standard InChI is InChI=1S/C11H13F3N2O2/c1-3-16-6-15-8(7(16)9(17)18-2)10(4-5-10)11(12,13)14/h6H,3-5H2,1-2H3. The third kappa shape index (κ3) is 1.69. The Morgan fingerprint density at radius 3 is 2.56 bits per heavy atom. The van der Waals surface area contributed by atoms with Gasteiger partial charge in [-0.3, -0.25) is 0 Å². The van der Waals surface area contributed by atoms with Crippen molar-refractivity contribution in [2.45, 2.75) is 37.9 Å². The maximum Gasteiger partial charge on any atom is 0.400 e. The fourth-order valence-electron chi connectivity index (χ4n) is 2.06. The molecule has 1 saturated carbocycles. The number of imidazole rings is 1. The Bertz CT molecular complexity index is 475. The number of aryl methyl sites for hydroxylation is 1. The van der Waals surface area contributed by atoms with Gasteiger partial charge in [0.05, 0.1) is 19.1 Å². The van der Waals surface area contributed by atoms with E-state index in [1.807, 2.05) is 0 Å². The number of aromatic nitrogens is 2. The first-order valence-electron chi connectivity index (χ1n) is 5.58. The van der Waals surface area contributed by atoms with E-state index < -0.39 is 17.6 Å². The number of halogens is 3. The molecule has 1 aromatic rings. The Hall–Kier alpha value is -1.53. The van der Waals surface area contributed by atoms with Crippen LogP contribution < -0.4 is 0 Å². The summed E-state index contributed by atoms with van der Waals surface area (Å²) >= 11 is 0. The summed E-state index contributed by atoms with van der Waals surface area (Å²) in [7, 11) is 1.15. The summed E-state index contributed by atoms with van der Waals surface area (Å²) < 4.78 is 45.1. The average Bonchev–Trinajstić information content (AvgIpc) is 3.02. The number of hydrogen-bond acceptors (Lipinski definition) is 3. The van der Waals surface area contributed by atoms with Gasteiger partial charge in [0.1, 0.15) is 5.41 Å². The number of nitrogens with zero attached hydrogens (tertiary/aromatic N) is 2. The molecule has 0 amide bonds. The molecule has 0 aliphatic heterocycles. The lowest BCUT2D eigenvalue weighted by molar-refractivity contribution is -0.161. The van der Waals surface area contributed by atoms with Crippen molar-refractivity contribution in [1.29, 1.82) is 0 Å². The number of carbonyl (C=O) groups is 1. The fraction of sp³-hybridized carbons (Fsp3) is 0.636. The van der Waals surface area contributed by atoms with Gasteiger partial charge >= 0.3 is 12.1 Å². The van der Waals surface area contributed by atoms with Crippen LogP contribution in [0.15, 0.2) is 6.33 Å². The molecule has 1 aliphatic carbocycles. The van der Waals surface area contributed by atoms with Crippen LogP contribution in [0.25, 0.3) is 0 Å². The van der Waals surface area contributed by atoms with Crippen molar-refractivity contribution in [2.75, 3.05) is 7.11 Å². The minimum atomic E-state index is -4.39. The van der Waals surface area contributed by atoms with Crippen molar-refractivity contribution in [3.63, 3.8) is 0 Å². The van der Waals surface area contributed by atoms with Crippen LogP contribution in [0.5, 0.6) is 0 Å². The molecule has 2 rings (SSSR count). The predicted octanol–water partition coefficient (Wildman–Crippen LogP) is 2.28. The number of hydrogen-bond donors (Lipinski definition) is 0. The van der Waals surface area contributed by atoms with E-state index in [9.17, 15) is 18.0 Å². The first-order chi connectivity index (χ1) is 8.37. The second kappa shape index (κ2) is 4.00. The van der Waals surface area contributed by atoms with Gasteiger partial charge in [-0.25, -0.2) is 9.78 Å². The number of ether oxygens (including phenoxy) is 1. The van der Waals surface area contributed by atoms with Crippen LogP contribution in [-0.4, -0.2) is 28.8 Å². The van der Waals surface area contributed by atoms with Crippen LogP contribution in [0, 0.1) is 0 Å². The maximum atomic E-state index is 13.0. The third-order valence-electron chi connectivity index (χ3n) is 3.30. The molecular formula is C11H13F3N2O2. The molecule has 0 N–H and O–H groups in total. The molecule has 1 aliphatic rings. The Morgan fingerprint density at radius 2 is 2.17 bits per heavy atom. The fourth-order valence-corrected chi connectivity index (χ4v) is 2.06. The number of alkyl halides is 3. The number of carbonyl (C=O) groups excluding carboxylic acids is 1. The van der Waals surface area contributed by atoms with E-state index in [1.165, 1.54) is 10.9 Å². The Morgan fingerprint density at radius 1 is 1.56 bits per heavy atom. The van der Waals surface area contributed by atoms with Crippen molar-refractivity contribution in [1.82, 2.24) is 9.55 Å². The van der Waals surface area contributed by atoms with Crippen LogP contribution in [0.4, 0.5) is 13.2 Å². The summed E-state index contributed by atoms with van der Waals surface area (Å²) in [6, 6.07) is 0. The SMILES string of the molecule is CCn1cnc(C2(C(F)(F)F)CC2)c1C(=O)OC. The van der Waals surface area contributed by atoms with Gasteiger partial charge < -0.3 is 9.30 Å². The van der Waals surface area contributed by atoms with E-state index in [4.69, 9.17) is 0 Å². The highest BCUT2D eigenvalue weighted by molar-refractivity contribution is 5.89. The predicted molar refractivity (Wildman–Crippen MR) is 56.2 cm³/mol. The maximum absolute atomic E-state index is 13.0. The normalized spacial score (nSPS) is 17.6. The highest BCUT2D eigenvalue weighted by Gasteiger charge is 2.67. The van der Waals surface area contributed by atoms with Gasteiger partial charge in [-0.2, -0.15) is 13.2 Å². The zero-order chi connectivity index (χ0) is 13.6. The highest BCUT2D eigenvalue weighted by Crippen LogP contribution is 2.59. The minimum Gasteiger partial charge on any atom is -0.464 e. The Labute approximate surface area is 102 Å². The van der Waals surface area contributed by atoms with Gasteiger partial charge in [-0.15, -0.1) is 0 Å². The topological polar surface area (TPSA) is 44.1 Å². The van der Waals surface area contributed by atoms with E-state index in [-0.39, 0.29) is 24.2 Å². The lowest BCUT2D eigenvalue weighted by Crippen LogP contribution is -2.31. The summed E-state index contributed by atoms with van der Waals surface area (Å²) in [6.07, 6.45) is -3.18. The van der Waals surface area contributed by atoms with Gasteiger partial charge in [0, 0.05) is 6.54 Å². The van der Waals surface area contributed by atoms with Gasteiger partial charge in [0.15, 0.2) is 5.69 Å². The van der Waals surface area contributed by atoms with Crippen molar-refractivity contribution < 1.29 is 22.7 Å². The van der Waals surface area contributed by atoms with Crippen LogP contribution in [0.3, 0.4) is 0 Å². The number of methoxy groups -OCH3 is 1. The van der Waals surface area contributed by atoms with Crippen molar-refractivity contribution in [3.05, 3.63) is 17.7 Å². The van der Waals surface area contributed by atoms with E-state index in [2.05, 4.69) is 9.72 Å². The van der Waals surface area contributed by atoms with E-state index >= 15 is 0 Å².